The molecule has 2 aromatic rings. The van der Waals surface area contributed by atoms with Gasteiger partial charge in [0.25, 0.3) is 0 Å². The number of pyridine rings is 1. The Morgan fingerprint density at radius 2 is 1.83 bits per heavy atom. The third-order valence-corrected chi connectivity index (χ3v) is 3.75. The number of hydrogen-bond acceptors (Lipinski definition) is 1. The molecule has 0 fully saturated rings. The number of benzene rings is 1. The average molecular weight is 237 g/mol. The molecule has 0 aliphatic heterocycles. The lowest BCUT2D eigenvalue weighted by Gasteiger charge is -2.12. The van der Waals surface area contributed by atoms with Crippen LogP contribution < -0.4 is 0 Å². The van der Waals surface area contributed by atoms with E-state index in [1.807, 2.05) is 12.3 Å². The SMILES string of the molecule is C1=C(/c2cnc3ccccc3c2)CCCCCC/1. The summed E-state index contributed by atoms with van der Waals surface area (Å²) in [5.74, 6) is 0. The van der Waals surface area contributed by atoms with E-state index < -0.39 is 0 Å². The maximum Gasteiger partial charge on any atom is 0.0702 e. The number of para-hydroxylation sites is 1. The first kappa shape index (κ1) is 11.5. The number of rotatable bonds is 1. The summed E-state index contributed by atoms with van der Waals surface area (Å²) in [4.78, 5) is 4.57. The standard InChI is InChI=1S/C17H19N/c1-2-4-8-14(9-5-3-1)16-12-15-10-6-7-11-17(15)18-13-16/h6-8,10-13H,1-5,9H2/b14-8+. The Balaban J connectivity index is 1.97. The van der Waals surface area contributed by atoms with Crippen LogP contribution in [-0.2, 0) is 0 Å². The summed E-state index contributed by atoms with van der Waals surface area (Å²) >= 11 is 0. The van der Waals surface area contributed by atoms with Crippen molar-refractivity contribution in [1.29, 1.82) is 0 Å². The number of aromatic nitrogens is 1. The van der Waals surface area contributed by atoms with Gasteiger partial charge in [0.05, 0.1) is 5.52 Å². The van der Waals surface area contributed by atoms with Gasteiger partial charge in [-0.25, -0.2) is 0 Å². The van der Waals surface area contributed by atoms with Gasteiger partial charge in [-0.05, 0) is 49.0 Å². The molecule has 1 nitrogen and oxygen atoms in total. The molecule has 0 N–H and O–H groups in total. The smallest absolute Gasteiger partial charge is 0.0702 e. The Morgan fingerprint density at radius 1 is 0.944 bits per heavy atom. The maximum absolute atomic E-state index is 4.57. The zero-order valence-corrected chi connectivity index (χ0v) is 10.7. The summed E-state index contributed by atoms with van der Waals surface area (Å²) in [5, 5.41) is 1.25. The average Bonchev–Trinajstić information content (AvgIpc) is 2.38. The predicted molar refractivity (Wildman–Crippen MR) is 77.4 cm³/mol. The summed E-state index contributed by atoms with van der Waals surface area (Å²) in [6.45, 7) is 0. The third-order valence-electron chi connectivity index (χ3n) is 3.75. The van der Waals surface area contributed by atoms with Gasteiger partial charge in [0, 0.05) is 11.6 Å². The molecule has 18 heavy (non-hydrogen) atoms. The minimum atomic E-state index is 1.09. The van der Waals surface area contributed by atoms with Crippen molar-refractivity contribution < 1.29 is 0 Å². The Kier molecular flexibility index (Phi) is 3.40. The van der Waals surface area contributed by atoms with Gasteiger partial charge in [-0.2, -0.15) is 0 Å². The zero-order chi connectivity index (χ0) is 12.2. The highest BCUT2D eigenvalue weighted by molar-refractivity contribution is 5.82. The number of nitrogens with zero attached hydrogens (tertiary/aromatic N) is 1. The van der Waals surface area contributed by atoms with E-state index >= 15 is 0 Å². The van der Waals surface area contributed by atoms with Gasteiger partial charge in [-0.3, -0.25) is 4.98 Å². The maximum atomic E-state index is 4.57. The summed E-state index contributed by atoms with van der Waals surface area (Å²) in [7, 11) is 0. The first-order valence-electron chi connectivity index (χ1n) is 6.98. The normalized spacial score (nSPS) is 19.9. The van der Waals surface area contributed by atoms with Gasteiger partial charge >= 0.3 is 0 Å². The molecule has 92 valence electrons. The van der Waals surface area contributed by atoms with E-state index in [2.05, 4.69) is 35.3 Å². The molecular formula is C17H19N. The van der Waals surface area contributed by atoms with Crippen LogP contribution in [0.25, 0.3) is 16.5 Å². The second-order valence-electron chi connectivity index (χ2n) is 5.10. The van der Waals surface area contributed by atoms with E-state index in [1.165, 1.54) is 55.0 Å². The van der Waals surface area contributed by atoms with Gasteiger partial charge in [-0.15, -0.1) is 0 Å². The Bertz CT molecular complexity index is 569. The van der Waals surface area contributed by atoms with Crippen molar-refractivity contribution in [2.75, 3.05) is 0 Å². The zero-order valence-electron chi connectivity index (χ0n) is 10.7. The molecule has 0 bridgehead atoms. The predicted octanol–water partition coefficient (Wildman–Crippen LogP) is 4.97. The van der Waals surface area contributed by atoms with E-state index in [9.17, 15) is 0 Å². The van der Waals surface area contributed by atoms with Gasteiger partial charge in [0.15, 0.2) is 0 Å². The van der Waals surface area contributed by atoms with Crippen LogP contribution in [0.15, 0.2) is 42.6 Å². The molecule has 0 saturated heterocycles. The molecule has 1 aliphatic rings. The molecule has 0 radical (unpaired) electrons. The first-order valence-corrected chi connectivity index (χ1v) is 6.98. The van der Waals surface area contributed by atoms with Crippen LogP contribution in [0.1, 0.15) is 44.1 Å². The topological polar surface area (TPSA) is 12.9 Å². The van der Waals surface area contributed by atoms with Gasteiger partial charge in [-0.1, -0.05) is 37.1 Å². The quantitative estimate of drug-likeness (QED) is 0.682. The second kappa shape index (κ2) is 5.34. The van der Waals surface area contributed by atoms with Gasteiger partial charge in [0.2, 0.25) is 0 Å². The molecule has 1 aromatic heterocycles. The van der Waals surface area contributed by atoms with E-state index in [0.717, 1.165) is 5.52 Å². The Hall–Kier alpha value is -1.63. The largest absolute Gasteiger partial charge is 0.256 e. The van der Waals surface area contributed by atoms with Crippen LogP contribution in [0.4, 0.5) is 0 Å². The van der Waals surface area contributed by atoms with Crippen molar-refractivity contribution in [3.63, 3.8) is 0 Å². The molecule has 0 atom stereocenters. The van der Waals surface area contributed by atoms with Crippen LogP contribution in [-0.4, -0.2) is 4.98 Å². The van der Waals surface area contributed by atoms with Crippen molar-refractivity contribution >= 4 is 16.5 Å². The van der Waals surface area contributed by atoms with Crippen molar-refractivity contribution in [3.05, 3.63) is 48.2 Å². The molecule has 1 aliphatic carbocycles. The minimum Gasteiger partial charge on any atom is -0.256 e. The molecule has 1 heterocycles. The summed E-state index contributed by atoms with van der Waals surface area (Å²) in [6, 6.07) is 10.6. The number of fused-ring (bicyclic) bond motifs is 1. The summed E-state index contributed by atoms with van der Waals surface area (Å²) in [5.41, 5.74) is 3.90. The fourth-order valence-electron chi connectivity index (χ4n) is 2.70. The number of allylic oxidation sites excluding steroid dienone is 2. The Labute approximate surface area is 109 Å². The van der Waals surface area contributed by atoms with E-state index in [0.29, 0.717) is 0 Å². The van der Waals surface area contributed by atoms with Crippen LogP contribution in [0.3, 0.4) is 0 Å². The van der Waals surface area contributed by atoms with E-state index in [4.69, 9.17) is 0 Å². The lowest BCUT2D eigenvalue weighted by atomic mass is 9.95. The van der Waals surface area contributed by atoms with Crippen molar-refractivity contribution in [3.8, 4) is 0 Å². The minimum absolute atomic E-state index is 1.09. The highest BCUT2D eigenvalue weighted by Crippen LogP contribution is 2.26. The highest BCUT2D eigenvalue weighted by Gasteiger charge is 2.06. The lowest BCUT2D eigenvalue weighted by Crippen LogP contribution is -1.92. The van der Waals surface area contributed by atoms with Gasteiger partial charge < -0.3 is 0 Å². The fraction of sp³-hybridized carbons (Fsp3) is 0.353. The molecule has 0 spiro atoms. The molecule has 0 amide bonds. The molecule has 0 unspecified atom stereocenters. The van der Waals surface area contributed by atoms with Crippen LogP contribution >= 0.6 is 0 Å². The van der Waals surface area contributed by atoms with Crippen LogP contribution in [0, 0.1) is 0 Å². The molecular weight excluding hydrogens is 218 g/mol. The summed E-state index contributed by atoms with van der Waals surface area (Å²) in [6.07, 6.45) is 12.3. The van der Waals surface area contributed by atoms with Crippen molar-refractivity contribution in [1.82, 2.24) is 4.98 Å². The Morgan fingerprint density at radius 3 is 2.83 bits per heavy atom. The van der Waals surface area contributed by atoms with E-state index in [-0.39, 0.29) is 0 Å². The molecule has 3 rings (SSSR count). The van der Waals surface area contributed by atoms with Gasteiger partial charge in [0.1, 0.15) is 0 Å². The molecule has 1 aromatic carbocycles. The lowest BCUT2D eigenvalue weighted by molar-refractivity contribution is 0.643. The second-order valence-corrected chi connectivity index (χ2v) is 5.10. The van der Waals surface area contributed by atoms with Crippen molar-refractivity contribution in [2.45, 2.75) is 38.5 Å². The monoisotopic (exact) mass is 237 g/mol. The third kappa shape index (κ3) is 2.45. The van der Waals surface area contributed by atoms with Crippen molar-refractivity contribution in [2.24, 2.45) is 0 Å². The number of hydrogen-bond donors (Lipinski definition) is 0. The van der Waals surface area contributed by atoms with E-state index in [1.54, 1.807) is 0 Å². The summed E-state index contributed by atoms with van der Waals surface area (Å²) < 4.78 is 0. The molecule has 1 heteroatoms. The first-order chi connectivity index (χ1) is 8.93. The highest BCUT2D eigenvalue weighted by atomic mass is 14.6. The van der Waals surface area contributed by atoms with Crippen LogP contribution in [0.2, 0.25) is 0 Å². The van der Waals surface area contributed by atoms with Crippen LogP contribution in [0.5, 0.6) is 0 Å². The molecule has 0 saturated carbocycles. The fourth-order valence-corrected chi connectivity index (χ4v) is 2.70.